The zero-order valence-electron chi connectivity index (χ0n) is 8.59. The van der Waals surface area contributed by atoms with E-state index in [4.69, 9.17) is 11.6 Å². The minimum absolute atomic E-state index is 0.00633. The number of carbonyl (C=O) groups is 3. The lowest BCUT2D eigenvalue weighted by atomic mass is 10.4. The molecule has 0 bridgehead atoms. The SMILES string of the molecule is CC(C)NC(=O)CNC(=O)NC(=O)CCl. The number of carbonyl (C=O) groups excluding carboxylic acids is 3. The first-order chi connectivity index (χ1) is 6.95. The summed E-state index contributed by atoms with van der Waals surface area (Å²) < 4.78 is 0. The summed E-state index contributed by atoms with van der Waals surface area (Å²) in [5.41, 5.74) is 0. The molecule has 0 atom stereocenters. The van der Waals surface area contributed by atoms with E-state index in [0.29, 0.717) is 0 Å². The van der Waals surface area contributed by atoms with Crippen molar-refractivity contribution in [3.8, 4) is 0 Å². The summed E-state index contributed by atoms with van der Waals surface area (Å²) in [5, 5.41) is 6.72. The van der Waals surface area contributed by atoms with Crippen molar-refractivity contribution in [2.75, 3.05) is 12.4 Å². The predicted molar refractivity (Wildman–Crippen MR) is 55.5 cm³/mol. The molecule has 0 radical (unpaired) electrons. The van der Waals surface area contributed by atoms with Crippen molar-refractivity contribution in [2.24, 2.45) is 0 Å². The Morgan fingerprint density at radius 2 is 1.80 bits per heavy atom. The Morgan fingerprint density at radius 1 is 1.20 bits per heavy atom. The Kier molecular flexibility index (Phi) is 6.44. The third-order valence-electron chi connectivity index (χ3n) is 1.23. The summed E-state index contributed by atoms with van der Waals surface area (Å²) in [5.74, 6) is -1.23. The molecule has 4 amide bonds. The molecule has 0 rings (SSSR count). The average Bonchev–Trinajstić information content (AvgIpc) is 2.13. The van der Waals surface area contributed by atoms with Gasteiger partial charge in [-0.05, 0) is 13.8 Å². The fourth-order valence-electron chi connectivity index (χ4n) is 0.738. The van der Waals surface area contributed by atoms with Crippen molar-refractivity contribution in [1.82, 2.24) is 16.0 Å². The minimum Gasteiger partial charge on any atom is -0.352 e. The van der Waals surface area contributed by atoms with Crippen LogP contribution in [0.2, 0.25) is 0 Å². The van der Waals surface area contributed by atoms with Gasteiger partial charge in [-0.15, -0.1) is 11.6 Å². The second-order valence-corrected chi connectivity index (χ2v) is 3.35. The summed E-state index contributed by atoms with van der Waals surface area (Å²) in [7, 11) is 0. The normalized spacial score (nSPS) is 9.60. The molecule has 0 aliphatic rings. The lowest BCUT2D eigenvalue weighted by Gasteiger charge is -2.09. The lowest BCUT2D eigenvalue weighted by Crippen LogP contribution is -2.45. The Balaban J connectivity index is 3.71. The molecule has 3 N–H and O–H groups in total. The first kappa shape index (κ1) is 13.7. The topological polar surface area (TPSA) is 87.3 Å². The highest BCUT2D eigenvalue weighted by Gasteiger charge is 2.08. The van der Waals surface area contributed by atoms with Gasteiger partial charge in [-0.3, -0.25) is 14.9 Å². The highest BCUT2D eigenvalue weighted by molar-refractivity contribution is 6.28. The first-order valence-corrected chi connectivity index (χ1v) is 4.92. The van der Waals surface area contributed by atoms with E-state index in [9.17, 15) is 14.4 Å². The third kappa shape index (κ3) is 7.75. The van der Waals surface area contributed by atoms with E-state index in [-0.39, 0.29) is 24.4 Å². The van der Waals surface area contributed by atoms with Gasteiger partial charge in [0.1, 0.15) is 5.88 Å². The molecule has 0 unspecified atom stereocenters. The Labute approximate surface area is 92.7 Å². The van der Waals surface area contributed by atoms with Crippen molar-refractivity contribution < 1.29 is 14.4 Å². The van der Waals surface area contributed by atoms with E-state index in [0.717, 1.165) is 0 Å². The van der Waals surface area contributed by atoms with Gasteiger partial charge in [0, 0.05) is 6.04 Å². The summed E-state index contributed by atoms with van der Waals surface area (Å²) in [6.45, 7) is 3.42. The van der Waals surface area contributed by atoms with Crippen LogP contribution in [0.3, 0.4) is 0 Å². The van der Waals surface area contributed by atoms with Gasteiger partial charge >= 0.3 is 6.03 Å². The van der Waals surface area contributed by atoms with Crippen molar-refractivity contribution >= 4 is 29.4 Å². The molecule has 0 aliphatic carbocycles. The fourth-order valence-corrected chi connectivity index (χ4v) is 0.805. The van der Waals surface area contributed by atoms with Gasteiger partial charge in [-0.1, -0.05) is 0 Å². The predicted octanol–water partition coefficient (Wildman–Crippen LogP) is -0.424. The number of imide groups is 1. The van der Waals surface area contributed by atoms with Gasteiger partial charge in [0.2, 0.25) is 11.8 Å². The maximum atomic E-state index is 11.0. The molecule has 15 heavy (non-hydrogen) atoms. The van der Waals surface area contributed by atoms with Crippen LogP contribution < -0.4 is 16.0 Å². The second-order valence-electron chi connectivity index (χ2n) is 3.09. The van der Waals surface area contributed by atoms with E-state index in [1.165, 1.54) is 0 Å². The van der Waals surface area contributed by atoms with Crippen molar-refractivity contribution in [1.29, 1.82) is 0 Å². The Morgan fingerprint density at radius 3 is 2.27 bits per heavy atom. The number of alkyl halides is 1. The smallest absolute Gasteiger partial charge is 0.321 e. The molecule has 0 aliphatic heterocycles. The van der Waals surface area contributed by atoms with Crippen LogP contribution in [0.1, 0.15) is 13.8 Å². The van der Waals surface area contributed by atoms with Crippen molar-refractivity contribution in [2.45, 2.75) is 19.9 Å². The zero-order chi connectivity index (χ0) is 11.8. The second kappa shape index (κ2) is 7.05. The average molecular weight is 236 g/mol. The molecule has 0 aromatic heterocycles. The van der Waals surface area contributed by atoms with E-state index >= 15 is 0 Å². The van der Waals surface area contributed by atoms with Crippen molar-refractivity contribution in [3.63, 3.8) is 0 Å². The Bertz CT molecular complexity index is 256. The summed E-state index contributed by atoms with van der Waals surface area (Å²) in [6, 6.07) is -0.730. The molecule has 0 heterocycles. The van der Waals surface area contributed by atoms with E-state index < -0.39 is 11.9 Å². The molecule has 0 saturated carbocycles. The van der Waals surface area contributed by atoms with Crippen LogP contribution in [-0.2, 0) is 9.59 Å². The van der Waals surface area contributed by atoms with Gasteiger partial charge in [-0.25, -0.2) is 4.79 Å². The van der Waals surface area contributed by atoms with Crippen LogP contribution in [-0.4, -0.2) is 36.3 Å². The molecule has 86 valence electrons. The molecule has 0 saturated heterocycles. The molecule has 7 heteroatoms. The number of hydrogen-bond donors (Lipinski definition) is 3. The quantitative estimate of drug-likeness (QED) is 0.578. The highest BCUT2D eigenvalue weighted by atomic mass is 35.5. The van der Waals surface area contributed by atoms with Crippen LogP contribution in [0.15, 0.2) is 0 Å². The molecule has 6 nitrogen and oxygen atoms in total. The van der Waals surface area contributed by atoms with Gasteiger partial charge in [0.25, 0.3) is 0 Å². The van der Waals surface area contributed by atoms with Crippen LogP contribution in [0.4, 0.5) is 4.79 Å². The zero-order valence-corrected chi connectivity index (χ0v) is 9.35. The minimum atomic E-state index is -0.737. The highest BCUT2D eigenvalue weighted by Crippen LogP contribution is 1.77. The summed E-state index contributed by atoms with van der Waals surface area (Å²) in [4.78, 5) is 32.6. The monoisotopic (exact) mass is 235 g/mol. The summed E-state index contributed by atoms with van der Waals surface area (Å²) in [6.07, 6.45) is 0. The van der Waals surface area contributed by atoms with E-state index in [1.807, 2.05) is 5.32 Å². The number of urea groups is 1. The van der Waals surface area contributed by atoms with Gasteiger partial charge in [0.15, 0.2) is 0 Å². The standard InChI is InChI=1S/C8H14ClN3O3/c1-5(2)11-7(14)4-10-8(15)12-6(13)3-9/h5H,3-4H2,1-2H3,(H,11,14)(H2,10,12,13,15). The maximum Gasteiger partial charge on any atom is 0.321 e. The number of rotatable bonds is 4. The van der Waals surface area contributed by atoms with E-state index in [2.05, 4.69) is 10.6 Å². The molecule has 0 aromatic carbocycles. The number of halogens is 1. The molecule has 0 aromatic rings. The molecular formula is C8H14ClN3O3. The molecular weight excluding hydrogens is 222 g/mol. The van der Waals surface area contributed by atoms with Crippen LogP contribution >= 0.6 is 11.6 Å². The van der Waals surface area contributed by atoms with Gasteiger partial charge in [-0.2, -0.15) is 0 Å². The maximum absolute atomic E-state index is 11.0. The number of amides is 4. The van der Waals surface area contributed by atoms with Crippen molar-refractivity contribution in [3.05, 3.63) is 0 Å². The van der Waals surface area contributed by atoms with Crippen LogP contribution in [0.25, 0.3) is 0 Å². The largest absolute Gasteiger partial charge is 0.352 e. The fraction of sp³-hybridized carbons (Fsp3) is 0.625. The Hall–Kier alpha value is -1.30. The van der Waals surface area contributed by atoms with Crippen LogP contribution in [0, 0.1) is 0 Å². The summed E-state index contributed by atoms with van der Waals surface area (Å²) >= 11 is 5.16. The lowest BCUT2D eigenvalue weighted by molar-refractivity contribution is -0.121. The number of nitrogens with one attached hydrogen (secondary N) is 3. The first-order valence-electron chi connectivity index (χ1n) is 4.38. The van der Waals surface area contributed by atoms with E-state index in [1.54, 1.807) is 13.8 Å². The van der Waals surface area contributed by atoms with Gasteiger partial charge < -0.3 is 10.6 Å². The molecule has 0 fully saturated rings. The van der Waals surface area contributed by atoms with Crippen LogP contribution in [0.5, 0.6) is 0 Å². The van der Waals surface area contributed by atoms with Gasteiger partial charge in [0.05, 0.1) is 6.54 Å². The molecule has 0 spiro atoms. The number of hydrogen-bond acceptors (Lipinski definition) is 3. The third-order valence-corrected chi connectivity index (χ3v) is 1.48.